The standard InChI is InChI=1S/C25H23NO/c27-25(24-10-5-15-26-24,22-13-11-18-6-1-3-8-20(18)16-22)23-14-12-19-7-2-4-9-21(19)17-23/h1-4,6-9,11-14,16-17,24,26-27H,5,10,15H2. The van der Waals surface area contributed by atoms with E-state index < -0.39 is 5.60 Å². The van der Waals surface area contributed by atoms with Crippen molar-refractivity contribution in [3.8, 4) is 0 Å². The van der Waals surface area contributed by atoms with Crippen LogP contribution < -0.4 is 5.32 Å². The second-order valence-electron chi connectivity index (χ2n) is 7.54. The summed E-state index contributed by atoms with van der Waals surface area (Å²) in [6, 6.07) is 29.4. The highest BCUT2D eigenvalue weighted by molar-refractivity contribution is 5.85. The number of hydrogen-bond donors (Lipinski definition) is 2. The molecule has 1 fully saturated rings. The Morgan fingerprint density at radius 1 is 0.704 bits per heavy atom. The van der Waals surface area contributed by atoms with Crippen LogP contribution in [-0.4, -0.2) is 17.7 Å². The van der Waals surface area contributed by atoms with Crippen LogP contribution in [0.3, 0.4) is 0 Å². The molecule has 2 N–H and O–H groups in total. The van der Waals surface area contributed by atoms with Crippen molar-refractivity contribution in [3.63, 3.8) is 0 Å². The van der Waals surface area contributed by atoms with E-state index in [0.717, 1.165) is 41.3 Å². The maximum atomic E-state index is 12.1. The summed E-state index contributed by atoms with van der Waals surface area (Å²) in [5.41, 5.74) is 0.858. The zero-order valence-corrected chi connectivity index (χ0v) is 15.2. The molecule has 0 radical (unpaired) electrons. The minimum atomic E-state index is -1.05. The van der Waals surface area contributed by atoms with Crippen LogP contribution in [0.2, 0.25) is 0 Å². The third kappa shape index (κ3) is 2.73. The summed E-state index contributed by atoms with van der Waals surface area (Å²) in [6.45, 7) is 0.953. The molecule has 2 nitrogen and oxygen atoms in total. The van der Waals surface area contributed by atoms with Crippen molar-refractivity contribution < 1.29 is 5.11 Å². The first kappa shape index (κ1) is 16.5. The Balaban J connectivity index is 1.72. The lowest BCUT2D eigenvalue weighted by Gasteiger charge is -2.36. The first-order valence-corrected chi connectivity index (χ1v) is 9.69. The molecule has 134 valence electrons. The fraction of sp³-hybridized carbons (Fsp3) is 0.200. The number of nitrogens with one attached hydrogen (secondary N) is 1. The van der Waals surface area contributed by atoms with E-state index in [1.807, 2.05) is 0 Å². The Kier molecular flexibility index (Phi) is 3.96. The van der Waals surface area contributed by atoms with Gasteiger partial charge in [0, 0.05) is 6.04 Å². The zero-order valence-electron chi connectivity index (χ0n) is 15.2. The highest BCUT2D eigenvalue weighted by Crippen LogP contribution is 2.38. The van der Waals surface area contributed by atoms with Crippen molar-refractivity contribution in [1.29, 1.82) is 0 Å². The molecular weight excluding hydrogens is 330 g/mol. The number of hydrogen-bond acceptors (Lipinski definition) is 2. The normalized spacial score (nSPS) is 17.6. The van der Waals surface area contributed by atoms with Gasteiger partial charge in [0.25, 0.3) is 0 Å². The molecule has 1 heterocycles. The van der Waals surface area contributed by atoms with E-state index in [4.69, 9.17) is 0 Å². The van der Waals surface area contributed by atoms with Gasteiger partial charge in [0.15, 0.2) is 0 Å². The Bertz CT molecular complexity index is 1030. The summed E-state index contributed by atoms with van der Waals surface area (Å²) in [6.07, 6.45) is 2.06. The molecule has 0 amide bonds. The number of rotatable bonds is 3. The quantitative estimate of drug-likeness (QED) is 0.544. The molecule has 27 heavy (non-hydrogen) atoms. The first-order chi connectivity index (χ1) is 13.2. The van der Waals surface area contributed by atoms with Crippen LogP contribution >= 0.6 is 0 Å². The predicted octanol–water partition coefficient (Wildman–Crippen LogP) is 4.98. The summed E-state index contributed by atoms with van der Waals surface area (Å²) in [5.74, 6) is 0. The van der Waals surface area contributed by atoms with E-state index in [0.29, 0.717) is 0 Å². The average molecular weight is 353 g/mol. The van der Waals surface area contributed by atoms with E-state index in [9.17, 15) is 5.11 Å². The fourth-order valence-electron chi connectivity index (χ4n) is 4.46. The number of aliphatic hydroxyl groups is 1. The van der Waals surface area contributed by atoms with Crippen LogP contribution in [0.1, 0.15) is 24.0 Å². The number of benzene rings is 4. The summed E-state index contributed by atoms with van der Waals surface area (Å²) < 4.78 is 0. The minimum Gasteiger partial charge on any atom is -0.379 e. The van der Waals surface area contributed by atoms with Crippen LogP contribution in [0, 0.1) is 0 Å². The van der Waals surface area contributed by atoms with Crippen LogP contribution in [0.4, 0.5) is 0 Å². The Morgan fingerprint density at radius 3 is 1.70 bits per heavy atom. The van der Waals surface area contributed by atoms with Crippen molar-refractivity contribution in [3.05, 3.63) is 96.1 Å². The highest BCUT2D eigenvalue weighted by Gasteiger charge is 2.41. The maximum absolute atomic E-state index is 12.1. The van der Waals surface area contributed by atoms with Crippen molar-refractivity contribution in [2.24, 2.45) is 0 Å². The molecular formula is C25H23NO. The van der Waals surface area contributed by atoms with Gasteiger partial charge < -0.3 is 10.4 Å². The van der Waals surface area contributed by atoms with Gasteiger partial charge >= 0.3 is 0 Å². The Hall–Kier alpha value is -2.68. The van der Waals surface area contributed by atoms with Crippen molar-refractivity contribution in [2.75, 3.05) is 6.54 Å². The molecule has 0 aromatic heterocycles. The van der Waals surface area contributed by atoms with Crippen molar-refractivity contribution in [1.82, 2.24) is 5.32 Å². The molecule has 0 bridgehead atoms. The lowest BCUT2D eigenvalue weighted by Crippen LogP contribution is -2.46. The van der Waals surface area contributed by atoms with Crippen molar-refractivity contribution in [2.45, 2.75) is 24.5 Å². The second-order valence-corrected chi connectivity index (χ2v) is 7.54. The molecule has 0 aliphatic carbocycles. The topological polar surface area (TPSA) is 32.3 Å². The summed E-state index contributed by atoms with van der Waals surface area (Å²) in [5, 5.41) is 20.4. The van der Waals surface area contributed by atoms with Gasteiger partial charge in [0.1, 0.15) is 5.60 Å². The van der Waals surface area contributed by atoms with Gasteiger partial charge in [-0.3, -0.25) is 0 Å². The van der Waals surface area contributed by atoms with E-state index in [1.165, 1.54) is 10.8 Å². The van der Waals surface area contributed by atoms with Crippen LogP contribution in [0.15, 0.2) is 84.9 Å². The van der Waals surface area contributed by atoms with E-state index in [1.54, 1.807) is 0 Å². The zero-order chi connectivity index (χ0) is 18.3. The van der Waals surface area contributed by atoms with Gasteiger partial charge in [0.2, 0.25) is 0 Å². The molecule has 1 aliphatic heterocycles. The molecule has 4 aromatic carbocycles. The van der Waals surface area contributed by atoms with E-state index in [2.05, 4.69) is 90.2 Å². The maximum Gasteiger partial charge on any atom is 0.130 e. The smallest absolute Gasteiger partial charge is 0.130 e. The third-order valence-electron chi connectivity index (χ3n) is 5.94. The van der Waals surface area contributed by atoms with Crippen molar-refractivity contribution >= 4 is 21.5 Å². The third-order valence-corrected chi connectivity index (χ3v) is 5.94. The second kappa shape index (κ2) is 6.49. The van der Waals surface area contributed by atoms with Crippen LogP contribution in [0.5, 0.6) is 0 Å². The molecule has 1 atom stereocenters. The summed E-state index contributed by atoms with van der Waals surface area (Å²) in [4.78, 5) is 0. The molecule has 0 saturated carbocycles. The molecule has 4 aromatic rings. The fourth-order valence-corrected chi connectivity index (χ4v) is 4.46. The van der Waals surface area contributed by atoms with E-state index >= 15 is 0 Å². The average Bonchev–Trinajstić information content (AvgIpc) is 3.28. The van der Waals surface area contributed by atoms with Gasteiger partial charge in [0.05, 0.1) is 0 Å². The minimum absolute atomic E-state index is 0.0137. The molecule has 5 rings (SSSR count). The largest absolute Gasteiger partial charge is 0.379 e. The molecule has 1 unspecified atom stereocenters. The molecule has 1 saturated heterocycles. The Labute approximate surface area is 159 Å². The van der Waals surface area contributed by atoms with Gasteiger partial charge in [-0.2, -0.15) is 0 Å². The molecule has 2 heteroatoms. The van der Waals surface area contributed by atoms with Gasteiger partial charge in [-0.1, -0.05) is 72.8 Å². The molecule has 0 spiro atoms. The Morgan fingerprint density at radius 2 is 1.22 bits per heavy atom. The molecule has 1 aliphatic rings. The highest BCUT2D eigenvalue weighted by atomic mass is 16.3. The summed E-state index contributed by atoms with van der Waals surface area (Å²) >= 11 is 0. The van der Waals surface area contributed by atoms with Crippen LogP contribution in [-0.2, 0) is 5.60 Å². The lowest BCUT2D eigenvalue weighted by atomic mass is 9.78. The summed E-state index contributed by atoms with van der Waals surface area (Å²) in [7, 11) is 0. The van der Waals surface area contributed by atoms with Crippen LogP contribution in [0.25, 0.3) is 21.5 Å². The number of fused-ring (bicyclic) bond motifs is 2. The van der Waals surface area contributed by atoms with E-state index in [-0.39, 0.29) is 6.04 Å². The van der Waals surface area contributed by atoms with Gasteiger partial charge in [-0.05, 0) is 64.2 Å². The SMILES string of the molecule is OC(c1ccc2ccccc2c1)(c1ccc2ccccc2c1)C1CCCN1. The van der Waals surface area contributed by atoms with Gasteiger partial charge in [-0.25, -0.2) is 0 Å². The predicted molar refractivity (Wildman–Crippen MR) is 112 cm³/mol. The van der Waals surface area contributed by atoms with Gasteiger partial charge in [-0.15, -0.1) is 0 Å². The first-order valence-electron chi connectivity index (χ1n) is 9.69. The lowest BCUT2D eigenvalue weighted by molar-refractivity contribution is 0.0445. The monoisotopic (exact) mass is 353 g/mol.